The molecule has 2 fully saturated rings. The zero-order valence-electron chi connectivity index (χ0n) is 39.3. The van der Waals surface area contributed by atoms with E-state index >= 15 is 0 Å². The number of amides is 5. The van der Waals surface area contributed by atoms with Crippen LogP contribution in [0, 0.1) is 20.8 Å². The number of carbonyl (C=O) groups excluding carboxylic acids is 5. The van der Waals surface area contributed by atoms with E-state index in [2.05, 4.69) is 68.2 Å². The molecule has 6 heterocycles. The molecule has 0 bridgehead atoms. The first-order chi connectivity index (χ1) is 32.3. The molecule has 5 amide bonds. The van der Waals surface area contributed by atoms with E-state index < -0.39 is 29.7 Å². The molecule has 2 saturated heterocycles. The summed E-state index contributed by atoms with van der Waals surface area (Å²) < 4.78 is 8.26. The normalized spacial score (nSPS) is 17.0. The van der Waals surface area contributed by atoms with Gasteiger partial charge in [-0.3, -0.25) is 43.9 Å². The van der Waals surface area contributed by atoms with E-state index in [9.17, 15) is 28.8 Å². The highest BCUT2D eigenvalue weighted by Crippen LogP contribution is 2.36. The zero-order valence-corrected chi connectivity index (χ0v) is 39.3. The number of anilines is 1. The number of benzene rings is 2. The maximum atomic E-state index is 14.0. The molecule has 3 aromatic heterocycles. The van der Waals surface area contributed by atoms with Gasteiger partial charge in [0, 0.05) is 90.9 Å². The minimum atomic E-state index is -1.01. The number of aromatic amines is 1. The SMILES string of the molecule is CCC(C)n1cc(C)c2c(C(=O)NCc3c(C)cc(C)[nH]c3=O)cc(-c3ccc(N4CCN(CCCCCCCCOc5cccc6c5C(=O)N(C5CCC(=O)NC5=O)C6=O)CC4)nc3)cc21. The molecule has 5 aromatic rings. The van der Waals surface area contributed by atoms with Gasteiger partial charge in [-0.05, 0) is 119 Å². The first-order valence-corrected chi connectivity index (χ1v) is 23.9. The third-order valence-electron chi connectivity index (χ3n) is 13.7. The number of rotatable bonds is 18. The molecule has 352 valence electrons. The topological polar surface area (TPSA) is 179 Å². The van der Waals surface area contributed by atoms with Crippen LogP contribution in [0.25, 0.3) is 22.0 Å². The number of imide groups is 2. The Kier molecular flexibility index (Phi) is 14.3. The fraction of sp³-hybridized carbons (Fsp3) is 0.442. The predicted octanol–water partition coefficient (Wildman–Crippen LogP) is 7.16. The van der Waals surface area contributed by atoms with Gasteiger partial charge in [0.25, 0.3) is 23.3 Å². The lowest BCUT2D eigenvalue weighted by molar-refractivity contribution is -0.136. The summed E-state index contributed by atoms with van der Waals surface area (Å²) in [4.78, 5) is 90.8. The number of H-pyrrole nitrogens is 1. The number of piperidine rings is 1. The van der Waals surface area contributed by atoms with E-state index in [0.29, 0.717) is 23.5 Å². The van der Waals surface area contributed by atoms with Gasteiger partial charge in [0.2, 0.25) is 11.8 Å². The summed E-state index contributed by atoms with van der Waals surface area (Å²) in [6.45, 7) is 15.5. The first-order valence-electron chi connectivity index (χ1n) is 23.9. The van der Waals surface area contributed by atoms with Gasteiger partial charge in [-0.1, -0.05) is 38.7 Å². The minimum Gasteiger partial charge on any atom is -0.493 e. The monoisotopic (exact) mass is 910 g/mol. The summed E-state index contributed by atoms with van der Waals surface area (Å²) in [5.41, 5.74) is 6.85. The molecule has 3 N–H and O–H groups in total. The van der Waals surface area contributed by atoms with Crippen molar-refractivity contribution in [2.24, 2.45) is 0 Å². The Morgan fingerprint density at radius 1 is 0.881 bits per heavy atom. The highest BCUT2D eigenvalue weighted by Gasteiger charge is 2.46. The molecule has 67 heavy (non-hydrogen) atoms. The van der Waals surface area contributed by atoms with Gasteiger partial charge in [0.15, 0.2) is 0 Å². The van der Waals surface area contributed by atoms with Gasteiger partial charge in [-0.25, -0.2) is 4.98 Å². The number of hydrogen-bond acceptors (Lipinski definition) is 10. The lowest BCUT2D eigenvalue weighted by Crippen LogP contribution is -2.54. The molecule has 0 saturated carbocycles. The van der Waals surface area contributed by atoms with E-state index in [1.165, 1.54) is 0 Å². The molecule has 2 aromatic carbocycles. The Labute approximate surface area is 391 Å². The molecule has 8 rings (SSSR count). The smallest absolute Gasteiger partial charge is 0.266 e. The quantitative estimate of drug-likeness (QED) is 0.0604. The minimum absolute atomic E-state index is 0.0735. The van der Waals surface area contributed by atoms with Crippen LogP contribution in [0.1, 0.15) is 131 Å². The van der Waals surface area contributed by atoms with Gasteiger partial charge in [-0.2, -0.15) is 0 Å². The van der Waals surface area contributed by atoms with Crippen molar-refractivity contribution in [1.82, 2.24) is 35.0 Å². The van der Waals surface area contributed by atoms with Crippen molar-refractivity contribution in [2.45, 2.75) is 111 Å². The molecule has 0 radical (unpaired) electrons. The van der Waals surface area contributed by atoms with Gasteiger partial charge >= 0.3 is 0 Å². The fourth-order valence-corrected chi connectivity index (χ4v) is 9.74. The van der Waals surface area contributed by atoms with Crippen LogP contribution in [0.2, 0.25) is 0 Å². The number of unbranched alkanes of at least 4 members (excludes halogenated alkanes) is 5. The second kappa shape index (κ2) is 20.5. The average molecular weight is 911 g/mol. The number of carbonyl (C=O) groups is 5. The van der Waals surface area contributed by atoms with Gasteiger partial charge < -0.3 is 24.5 Å². The number of piperazine rings is 1. The van der Waals surface area contributed by atoms with Gasteiger partial charge in [0.1, 0.15) is 17.6 Å². The van der Waals surface area contributed by atoms with Crippen molar-refractivity contribution in [3.8, 4) is 16.9 Å². The van der Waals surface area contributed by atoms with E-state index in [1.807, 2.05) is 39.1 Å². The van der Waals surface area contributed by atoms with E-state index in [-0.39, 0.29) is 48.0 Å². The van der Waals surface area contributed by atoms with E-state index in [0.717, 1.165) is 127 Å². The molecule has 15 nitrogen and oxygen atoms in total. The maximum Gasteiger partial charge on any atom is 0.266 e. The molecule has 3 aliphatic rings. The van der Waals surface area contributed by atoms with Crippen molar-refractivity contribution in [3.63, 3.8) is 0 Å². The van der Waals surface area contributed by atoms with Crippen molar-refractivity contribution in [1.29, 1.82) is 0 Å². The lowest BCUT2D eigenvalue weighted by Gasteiger charge is -2.35. The van der Waals surface area contributed by atoms with Crippen LogP contribution >= 0.6 is 0 Å². The Hall–Kier alpha value is -6.61. The second-order valence-electron chi connectivity index (χ2n) is 18.3. The van der Waals surface area contributed by atoms with Crippen molar-refractivity contribution in [2.75, 3.05) is 44.2 Å². The standard InChI is InChI=1S/C52H62N8O7/c1-6-35(5)59-31-33(3)46-39(48(62)54-30-40-32(2)26-34(4)55-49(40)63)27-37(28-42(46)59)36-16-18-44(53-29-36)58-23-21-57(22-24-58)20-11-9-7-8-10-12-25-67-43-15-13-14-38-47(43)52(66)60(51(38)65)41-17-19-45(61)56-50(41)64/h13-16,18,26-29,31,35,41H,6-12,17,19-25,30H2,1-5H3,(H,54,62)(H,55,63)(H,56,61,64). The number of aromatic nitrogens is 3. The predicted molar refractivity (Wildman–Crippen MR) is 258 cm³/mol. The number of pyridine rings is 2. The first kappa shape index (κ1) is 46.9. The Morgan fingerprint density at radius 2 is 1.64 bits per heavy atom. The summed E-state index contributed by atoms with van der Waals surface area (Å²) in [7, 11) is 0. The van der Waals surface area contributed by atoms with Crippen molar-refractivity contribution in [3.05, 3.63) is 110 Å². The highest BCUT2D eigenvalue weighted by molar-refractivity contribution is 6.24. The van der Waals surface area contributed by atoms with Crippen LogP contribution in [0.5, 0.6) is 5.75 Å². The molecule has 0 spiro atoms. The maximum absolute atomic E-state index is 14.0. The second-order valence-corrected chi connectivity index (χ2v) is 18.3. The molecular weight excluding hydrogens is 849 g/mol. The fourth-order valence-electron chi connectivity index (χ4n) is 9.74. The highest BCUT2D eigenvalue weighted by atomic mass is 16.5. The summed E-state index contributed by atoms with van der Waals surface area (Å²) in [6.07, 6.45) is 11.5. The van der Waals surface area contributed by atoms with Crippen LogP contribution < -0.4 is 25.8 Å². The van der Waals surface area contributed by atoms with Crippen LogP contribution in [-0.2, 0) is 16.1 Å². The largest absolute Gasteiger partial charge is 0.493 e. The average Bonchev–Trinajstić information content (AvgIpc) is 3.79. The van der Waals surface area contributed by atoms with Crippen molar-refractivity contribution >= 4 is 46.3 Å². The van der Waals surface area contributed by atoms with Gasteiger partial charge in [0.05, 0.1) is 17.7 Å². The Morgan fingerprint density at radius 3 is 2.36 bits per heavy atom. The number of nitrogens with one attached hydrogen (secondary N) is 3. The molecule has 2 atom stereocenters. The Balaban J connectivity index is 0.785. The number of hydrogen-bond donors (Lipinski definition) is 3. The summed E-state index contributed by atoms with van der Waals surface area (Å²) in [5, 5.41) is 6.19. The molecule has 0 aliphatic carbocycles. The van der Waals surface area contributed by atoms with Crippen LogP contribution in [-0.4, -0.2) is 99.2 Å². The Bertz CT molecular complexity index is 2750. The zero-order chi connectivity index (χ0) is 47.4. The molecule has 15 heteroatoms. The third-order valence-corrected chi connectivity index (χ3v) is 13.7. The third kappa shape index (κ3) is 10.1. The van der Waals surface area contributed by atoms with Gasteiger partial charge in [-0.15, -0.1) is 0 Å². The van der Waals surface area contributed by atoms with E-state index in [1.54, 1.807) is 18.2 Å². The van der Waals surface area contributed by atoms with Crippen molar-refractivity contribution < 1.29 is 28.7 Å². The molecular formula is C52H62N8O7. The van der Waals surface area contributed by atoms with Crippen LogP contribution in [0.4, 0.5) is 5.82 Å². The van der Waals surface area contributed by atoms with E-state index in [4.69, 9.17) is 9.72 Å². The summed E-state index contributed by atoms with van der Waals surface area (Å²) in [5.74, 6) is -1.07. The number of fused-ring (bicyclic) bond motifs is 2. The van der Waals surface area contributed by atoms with Crippen LogP contribution in [0.15, 0.2) is 65.7 Å². The number of ether oxygens (including phenoxy) is 1. The van der Waals surface area contributed by atoms with Crippen LogP contribution in [0.3, 0.4) is 0 Å². The number of aryl methyl sites for hydroxylation is 3. The lowest BCUT2D eigenvalue weighted by atomic mass is 9.98. The molecule has 2 unspecified atom stereocenters. The molecule has 3 aliphatic heterocycles. The summed E-state index contributed by atoms with van der Waals surface area (Å²) in [6, 6.07) is 14.4. The number of nitrogens with zero attached hydrogens (tertiary/aromatic N) is 5. The summed E-state index contributed by atoms with van der Waals surface area (Å²) >= 11 is 0.